The predicted molar refractivity (Wildman–Crippen MR) is 80.2 cm³/mol. The molecule has 21 heavy (non-hydrogen) atoms. The molecule has 2 rings (SSSR count). The molecule has 4 heteroatoms. The van der Waals surface area contributed by atoms with Gasteiger partial charge in [-0.05, 0) is 56.1 Å². The molecule has 0 amide bonds. The Kier molecular flexibility index (Phi) is 5.02. The van der Waals surface area contributed by atoms with E-state index in [4.69, 9.17) is 0 Å². The molecule has 2 nitrogen and oxygen atoms in total. The Morgan fingerprint density at radius 1 is 1.19 bits per heavy atom. The van der Waals surface area contributed by atoms with E-state index in [1.54, 1.807) is 0 Å². The van der Waals surface area contributed by atoms with E-state index in [1.807, 2.05) is 26.8 Å². The summed E-state index contributed by atoms with van der Waals surface area (Å²) in [5.41, 5.74) is 2.35. The Balaban J connectivity index is 2.54. The van der Waals surface area contributed by atoms with Gasteiger partial charge >= 0.3 is 0 Å². The molecule has 1 atom stereocenters. The third kappa shape index (κ3) is 3.45. The van der Waals surface area contributed by atoms with Gasteiger partial charge in [-0.25, -0.2) is 8.78 Å². The van der Waals surface area contributed by atoms with Crippen molar-refractivity contribution >= 4 is 0 Å². The van der Waals surface area contributed by atoms with Gasteiger partial charge < -0.3 is 5.32 Å². The molecular formula is C17H20F2N2. The molecular weight excluding hydrogens is 270 g/mol. The molecule has 0 radical (unpaired) electrons. The minimum absolute atomic E-state index is 0.233. The van der Waals surface area contributed by atoms with E-state index >= 15 is 0 Å². The number of aromatic nitrogens is 1. The Bertz CT molecular complexity index is 603. The van der Waals surface area contributed by atoms with Crippen molar-refractivity contribution in [3.05, 3.63) is 64.5 Å². The van der Waals surface area contributed by atoms with E-state index in [9.17, 15) is 8.78 Å². The second-order valence-electron chi connectivity index (χ2n) is 5.23. The van der Waals surface area contributed by atoms with Crippen LogP contribution >= 0.6 is 0 Å². The second kappa shape index (κ2) is 6.76. The number of hydrogen-bond acceptors (Lipinski definition) is 2. The summed E-state index contributed by atoms with van der Waals surface area (Å²) in [5, 5.41) is 3.20. The first-order valence-corrected chi connectivity index (χ1v) is 7.15. The number of pyridine rings is 1. The lowest BCUT2D eigenvalue weighted by atomic mass is 9.95. The molecule has 112 valence electrons. The van der Waals surface area contributed by atoms with E-state index in [1.165, 1.54) is 24.4 Å². The average molecular weight is 290 g/mol. The number of aryl methyl sites for hydroxylation is 2. The standard InChI is InChI=1S/C17H20F2N2/c1-4-7-20-17(16-13(18)6-5-8-21-16)15-12(3)9-11(2)10-14(15)19/h5-6,8-10,17,20H,4,7H2,1-3H3. The van der Waals surface area contributed by atoms with Gasteiger partial charge in [-0.3, -0.25) is 4.98 Å². The molecule has 1 N–H and O–H groups in total. The zero-order valence-electron chi connectivity index (χ0n) is 12.6. The van der Waals surface area contributed by atoms with Crippen LogP contribution in [0, 0.1) is 25.5 Å². The van der Waals surface area contributed by atoms with Gasteiger partial charge in [0.1, 0.15) is 11.6 Å². The van der Waals surface area contributed by atoms with Gasteiger partial charge in [-0.15, -0.1) is 0 Å². The number of nitrogens with zero attached hydrogens (tertiary/aromatic N) is 1. The summed E-state index contributed by atoms with van der Waals surface area (Å²) in [6.45, 7) is 6.35. The lowest BCUT2D eigenvalue weighted by Crippen LogP contribution is -2.26. The highest BCUT2D eigenvalue weighted by molar-refractivity contribution is 5.38. The van der Waals surface area contributed by atoms with Crippen molar-refractivity contribution in [3.8, 4) is 0 Å². The molecule has 1 unspecified atom stereocenters. The topological polar surface area (TPSA) is 24.9 Å². The van der Waals surface area contributed by atoms with Crippen LogP contribution in [0.4, 0.5) is 8.78 Å². The Morgan fingerprint density at radius 3 is 2.57 bits per heavy atom. The molecule has 1 aromatic heterocycles. The highest BCUT2D eigenvalue weighted by atomic mass is 19.1. The van der Waals surface area contributed by atoms with Crippen molar-refractivity contribution in [1.29, 1.82) is 0 Å². The molecule has 2 aromatic rings. The van der Waals surface area contributed by atoms with E-state index in [2.05, 4.69) is 10.3 Å². The first kappa shape index (κ1) is 15.6. The quantitative estimate of drug-likeness (QED) is 0.898. The zero-order chi connectivity index (χ0) is 15.4. The summed E-state index contributed by atoms with van der Waals surface area (Å²) in [4.78, 5) is 4.11. The van der Waals surface area contributed by atoms with Gasteiger partial charge in [0, 0.05) is 11.8 Å². The summed E-state index contributed by atoms with van der Waals surface area (Å²) in [7, 11) is 0. The molecule has 1 heterocycles. The first-order chi connectivity index (χ1) is 10.0. The molecule has 1 aromatic carbocycles. The Hall–Kier alpha value is -1.81. The molecule has 0 spiro atoms. The van der Waals surface area contributed by atoms with Crippen LogP contribution in [-0.4, -0.2) is 11.5 Å². The minimum Gasteiger partial charge on any atom is -0.305 e. The lowest BCUT2D eigenvalue weighted by Gasteiger charge is -2.22. The molecule has 0 aliphatic heterocycles. The van der Waals surface area contributed by atoms with Crippen LogP contribution < -0.4 is 5.32 Å². The maximum absolute atomic E-state index is 14.4. The molecule has 0 aliphatic carbocycles. The SMILES string of the molecule is CCCNC(c1ncccc1F)c1c(C)cc(C)cc1F. The highest BCUT2D eigenvalue weighted by Gasteiger charge is 2.23. The number of hydrogen-bond donors (Lipinski definition) is 1. The van der Waals surface area contributed by atoms with Gasteiger partial charge in [-0.1, -0.05) is 13.0 Å². The molecule has 0 fully saturated rings. The van der Waals surface area contributed by atoms with Crippen molar-refractivity contribution in [3.63, 3.8) is 0 Å². The first-order valence-electron chi connectivity index (χ1n) is 7.15. The van der Waals surface area contributed by atoms with E-state index in [0.29, 0.717) is 12.1 Å². The van der Waals surface area contributed by atoms with Gasteiger partial charge in [0.2, 0.25) is 0 Å². The van der Waals surface area contributed by atoms with Crippen LogP contribution in [0.1, 0.15) is 41.8 Å². The smallest absolute Gasteiger partial charge is 0.146 e. The largest absolute Gasteiger partial charge is 0.305 e. The summed E-state index contributed by atoms with van der Waals surface area (Å²) in [6.07, 6.45) is 2.40. The normalized spacial score (nSPS) is 12.4. The average Bonchev–Trinajstić information content (AvgIpc) is 2.42. The van der Waals surface area contributed by atoms with Crippen molar-refractivity contribution < 1.29 is 8.78 Å². The Morgan fingerprint density at radius 2 is 1.95 bits per heavy atom. The van der Waals surface area contributed by atoms with E-state index in [0.717, 1.165) is 17.5 Å². The molecule has 0 saturated heterocycles. The fourth-order valence-corrected chi connectivity index (χ4v) is 2.53. The van der Waals surface area contributed by atoms with Crippen LogP contribution in [0.3, 0.4) is 0 Å². The summed E-state index contributed by atoms with van der Waals surface area (Å²) >= 11 is 0. The van der Waals surface area contributed by atoms with Crippen LogP contribution in [-0.2, 0) is 0 Å². The summed E-state index contributed by atoms with van der Waals surface area (Å²) < 4.78 is 28.5. The number of rotatable bonds is 5. The van der Waals surface area contributed by atoms with Gasteiger partial charge in [0.15, 0.2) is 0 Å². The fraction of sp³-hybridized carbons (Fsp3) is 0.353. The van der Waals surface area contributed by atoms with Gasteiger partial charge in [0.05, 0.1) is 11.7 Å². The zero-order valence-corrected chi connectivity index (χ0v) is 12.6. The third-order valence-corrected chi connectivity index (χ3v) is 3.43. The second-order valence-corrected chi connectivity index (χ2v) is 5.23. The number of halogens is 2. The minimum atomic E-state index is -0.577. The van der Waals surface area contributed by atoms with Crippen molar-refractivity contribution in [2.45, 2.75) is 33.2 Å². The highest BCUT2D eigenvalue weighted by Crippen LogP contribution is 2.28. The number of nitrogens with one attached hydrogen (secondary N) is 1. The molecule has 0 saturated carbocycles. The van der Waals surface area contributed by atoms with Crippen molar-refractivity contribution in [1.82, 2.24) is 10.3 Å². The summed E-state index contributed by atoms with van der Waals surface area (Å²) in [6, 6.07) is 5.69. The van der Waals surface area contributed by atoms with Gasteiger partial charge in [-0.2, -0.15) is 0 Å². The maximum Gasteiger partial charge on any atom is 0.146 e. The van der Waals surface area contributed by atoms with Crippen LogP contribution in [0.5, 0.6) is 0 Å². The lowest BCUT2D eigenvalue weighted by molar-refractivity contribution is 0.506. The van der Waals surface area contributed by atoms with Gasteiger partial charge in [0.25, 0.3) is 0 Å². The predicted octanol–water partition coefficient (Wildman–Crippen LogP) is 4.07. The Labute approximate surface area is 124 Å². The number of benzene rings is 1. The van der Waals surface area contributed by atoms with Crippen LogP contribution in [0.15, 0.2) is 30.5 Å². The monoisotopic (exact) mass is 290 g/mol. The van der Waals surface area contributed by atoms with Crippen LogP contribution in [0.2, 0.25) is 0 Å². The molecule has 0 aliphatic rings. The van der Waals surface area contributed by atoms with E-state index < -0.39 is 11.9 Å². The van der Waals surface area contributed by atoms with E-state index in [-0.39, 0.29) is 11.5 Å². The molecule has 0 bridgehead atoms. The fourth-order valence-electron chi connectivity index (χ4n) is 2.53. The van der Waals surface area contributed by atoms with Crippen LogP contribution in [0.25, 0.3) is 0 Å². The maximum atomic E-state index is 14.4. The summed E-state index contributed by atoms with van der Waals surface area (Å²) in [5.74, 6) is -0.753. The third-order valence-electron chi connectivity index (χ3n) is 3.43. The van der Waals surface area contributed by atoms with Crippen molar-refractivity contribution in [2.75, 3.05) is 6.54 Å². The van der Waals surface area contributed by atoms with Crippen molar-refractivity contribution in [2.24, 2.45) is 0 Å².